The second-order valence-corrected chi connectivity index (χ2v) is 5.55. The van der Waals surface area contributed by atoms with Gasteiger partial charge in [-0.05, 0) is 30.5 Å². The zero-order chi connectivity index (χ0) is 13.8. The van der Waals surface area contributed by atoms with E-state index in [1.54, 1.807) is 11.8 Å². The fourth-order valence-corrected chi connectivity index (χ4v) is 2.87. The summed E-state index contributed by atoms with van der Waals surface area (Å²) in [4.78, 5) is 1.42. The first-order valence-electron chi connectivity index (χ1n) is 5.62. The lowest BCUT2D eigenvalue weighted by Crippen LogP contribution is -2.13. The van der Waals surface area contributed by atoms with Crippen molar-refractivity contribution in [1.29, 1.82) is 0 Å². The number of thioether (sulfide) groups is 1. The second kappa shape index (κ2) is 6.28. The molecule has 0 heterocycles. The number of hydrogen-bond acceptors (Lipinski definition) is 3. The standard InChI is InChI=1S/C14H13ClN2S2/c1-19-12-8-4-7-11(13(12)14(16)18)17-10-6-3-2-5-9(10)15/h2-8,17H,1H3,(H2,16,18). The van der Waals surface area contributed by atoms with Gasteiger partial charge in [-0.1, -0.05) is 42.0 Å². The highest BCUT2D eigenvalue weighted by molar-refractivity contribution is 7.98. The van der Waals surface area contributed by atoms with E-state index in [2.05, 4.69) is 5.32 Å². The van der Waals surface area contributed by atoms with Crippen molar-refractivity contribution in [2.45, 2.75) is 4.90 Å². The van der Waals surface area contributed by atoms with Gasteiger partial charge in [-0.25, -0.2) is 0 Å². The highest BCUT2D eigenvalue weighted by Crippen LogP contribution is 2.31. The van der Waals surface area contributed by atoms with Crippen LogP contribution in [0.5, 0.6) is 0 Å². The van der Waals surface area contributed by atoms with E-state index in [0.29, 0.717) is 10.0 Å². The number of benzene rings is 2. The molecule has 2 rings (SSSR count). The second-order valence-electron chi connectivity index (χ2n) is 3.85. The zero-order valence-corrected chi connectivity index (χ0v) is 12.7. The first-order chi connectivity index (χ1) is 9.13. The molecule has 98 valence electrons. The Kier molecular flexibility index (Phi) is 4.69. The van der Waals surface area contributed by atoms with Crippen molar-refractivity contribution in [3.8, 4) is 0 Å². The van der Waals surface area contributed by atoms with Crippen LogP contribution in [0.15, 0.2) is 47.4 Å². The number of rotatable bonds is 4. The van der Waals surface area contributed by atoms with Crippen LogP contribution in [0.2, 0.25) is 5.02 Å². The van der Waals surface area contributed by atoms with Gasteiger partial charge in [0.25, 0.3) is 0 Å². The lowest BCUT2D eigenvalue weighted by molar-refractivity contribution is 1.40. The summed E-state index contributed by atoms with van der Waals surface area (Å²) in [6.07, 6.45) is 2.00. The lowest BCUT2D eigenvalue weighted by Gasteiger charge is -2.15. The molecule has 3 N–H and O–H groups in total. The average molecular weight is 309 g/mol. The molecule has 2 aromatic rings. The van der Waals surface area contributed by atoms with Crippen molar-refractivity contribution in [1.82, 2.24) is 0 Å². The molecule has 0 aliphatic carbocycles. The van der Waals surface area contributed by atoms with Gasteiger partial charge < -0.3 is 11.1 Å². The van der Waals surface area contributed by atoms with Gasteiger partial charge in [0, 0.05) is 16.1 Å². The molecule has 0 spiro atoms. The fraction of sp³-hybridized carbons (Fsp3) is 0.0714. The molecule has 2 nitrogen and oxygen atoms in total. The summed E-state index contributed by atoms with van der Waals surface area (Å²) in [7, 11) is 0. The third-order valence-corrected chi connectivity index (χ3v) is 3.95. The third-order valence-electron chi connectivity index (χ3n) is 2.64. The van der Waals surface area contributed by atoms with Crippen LogP contribution in [0.1, 0.15) is 5.56 Å². The Morgan fingerprint density at radius 3 is 2.47 bits per heavy atom. The Bertz CT molecular complexity index is 614. The van der Waals surface area contributed by atoms with Gasteiger partial charge in [0.2, 0.25) is 0 Å². The van der Waals surface area contributed by atoms with E-state index in [1.165, 1.54) is 0 Å². The predicted molar refractivity (Wildman–Crippen MR) is 88.8 cm³/mol. The van der Waals surface area contributed by atoms with Gasteiger partial charge in [0.15, 0.2) is 0 Å². The lowest BCUT2D eigenvalue weighted by atomic mass is 10.1. The van der Waals surface area contributed by atoms with Gasteiger partial charge in [-0.2, -0.15) is 0 Å². The van der Waals surface area contributed by atoms with E-state index in [0.717, 1.165) is 21.8 Å². The molecule has 0 fully saturated rings. The molecule has 0 atom stereocenters. The minimum Gasteiger partial charge on any atom is -0.389 e. The Morgan fingerprint density at radius 1 is 1.16 bits per heavy atom. The topological polar surface area (TPSA) is 38.0 Å². The molecular weight excluding hydrogens is 296 g/mol. The molecule has 0 bridgehead atoms. The number of para-hydroxylation sites is 1. The number of halogens is 1. The molecule has 0 aliphatic rings. The molecule has 0 amide bonds. The van der Waals surface area contributed by atoms with Gasteiger partial charge in [0.05, 0.1) is 10.7 Å². The summed E-state index contributed by atoms with van der Waals surface area (Å²) < 4.78 is 0. The molecule has 19 heavy (non-hydrogen) atoms. The molecule has 2 aromatic carbocycles. The van der Waals surface area contributed by atoms with Gasteiger partial charge in [0.1, 0.15) is 4.99 Å². The molecule has 5 heteroatoms. The summed E-state index contributed by atoms with van der Waals surface area (Å²) >= 11 is 12.9. The van der Waals surface area contributed by atoms with Gasteiger partial charge in [-0.3, -0.25) is 0 Å². The van der Waals surface area contributed by atoms with E-state index in [-0.39, 0.29) is 0 Å². The fourth-order valence-electron chi connectivity index (χ4n) is 1.77. The summed E-state index contributed by atoms with van der Waals surface area (Å²) in [6.45, 7) is 0. The van der Waals surface area contributed by atoms with Crippen LogP contribution in [0, 0.1) is 0 Å². The maximum absolute atomic E-state index is 6.15. The van der Waals surface area contributed by atoms with Crippen LogP contribution in [0.25, 0.3) is 0 Å². The van der Waals surface area contributed by atoms with E-state index in [9.17, 15) is 0 Å². The highest BCUT2D eigenvalue weighted by Gasteiger charge is 2.11. The normalized spacial score (nSPS) is 10.2. The van der Waals surface area contributed by atoms with E-state index in [4.69, 9.17) is 29.6 Å². The molecule has 0 aromatic heterocycles. The number of nitrogens with two attached hydrogens (primary N) is 1. The Labute approximate surface area is 127 Å². The largest absolute Gasteiger partial charge is 0.389 e. The summed E-state index contributed by atoms with van der Waals surface area (Å²) in [6, 6.07) is 13.5. The van der Waals surface area contributed by atoms with E-state index < -0.39 is 0 Å². The predicted octanol–water partition coefficient (Wildman–Crippen LogP) is 4.44. The van der Waals surface area contributed by atoms with Crippen molar-refractivity contribution in [3.05, 3.63) is 53.1 Å². The minimum absolute atomic E-state index is 0.375. The maximum atomic E-state index is 6.15. The van der Waals surface area contributed by atoms with Crippen LogP contribution in [-0.2, 0) is 0 Å². The van der Waals surface area contributed by atoms with E-state index >= 15 is 0 Å². The quantitative estimate of drug-likeness (QED) is 0.647. The Balaban J connectivity index is 2.46. The molecule has 0 aliphatic heterocycles. The monoisotopic (exact) mass is 308 g/mol. The SMILES string of the molecule is CSc1cccc(Nc2ccccc2Cl)c1C(N)=S. The number of hydrogen-bond donors (Lipinski definition) is 2. The molecular formula is C14H13ClN2S2. The van der Waals surface area contributed by atoms with Crippen molar-refractivity contribution in [2.75, 3.05) is 11.6 Å². The van der Waals surface area contributed by atoms with Crippen molar-refractivity contribution < 1.29 is 0 Å². The van der Waals surface area contributed by atoms with Crippen LogP contribution in [0.3, 0.4) is 0 Å². The van der Waals surface area contributed by atoms with E-state index in [1.807, 2.05) is 48.7 Å². The summed E-state index contributed by atoms with van der Waals surface area (Å²) in [5.74, 6) is 0. The van der Waals surface area contributed by atoms with Gasteiger partial charge in [-0.15, -0.1) is 11.8 Å². The number of thiocarbonyl (C=S) groups is 1. The third kappa shape index (κ3) is 3.21. The maximum Gasteiger partial charge on any atom is 0.107 e. The Morgan fingerprint density at radius 2 is 1.84 bits per heavy atom. The van der Waals surface area contributed by atoms with Crippen LogP contribution < -0.4 is 11.1 Å². The number of nitrogens with one attached hydrogen (secondary N) is 1. The average Bonchev–Trinajstić information content (AvgIpc) is 2.40. The molecule has 0 saturated carbocycles. The molecule has 0 saturated heterocycles. The smallest absolute Gasteiger partial charge is 0.107 e. The minimum atomic E-state index is 0.375. The zero-order valence-electron chi connectivity index (χ0n) is 10.3. The summed E-state index contributed by atoms with van der Waals surface area (Å²) in [5.41, 5.74) is 8.38. The van der Waals surface area contributed by atoms with Crippen LogP contribution in [0.4, 0.5) is 11.4 Å². The first kappa shape index (κ1) is 14.2. The van der Waals surface area contributed by atoms with Crippen molar-refractivity contribution in [3.63, 3.8) is 0 Å². The van der Waals surface area contributed by atoms with Crippen LogP contribution in [-0.4, -0.2) is 11.2 Å². The summed E-state index contributed by atoms with van der Waals surface area (Å²) in [5, 5.41) is 3.94. The molecule has 0 unspecified atom stereocenters. The van der Waals surface area contributed by atoms with Crippen molar-refractivity contribution >= 4 is 51.9 Å². The number of anilines is 2. The molecule has 0 radical (unpaired) electrons. The first-order valence-corrected chi connectivity index (χ1v) is 7.63. The van der Waals surface area contributed by atoms with Crippen molar-refractivity contribution in [2.24, 2.45) is 5.73 Å². The van der Waals surface area contributed by atoms with Crippen LogP contribution >= 0.6 is 35.6 Å². The Hall–Kier alpha value is -1.23. The highest BCUT2D eigenvalue weighted by atomic mass is 35.5. The van der Waals surface area contributed by atoms with Gasteiger partial charge >= 0.3 is 0 Å².